The van der Waals surface area contributed by atoms with Crippen molar-refractivity contribution in [3.8, 4) is 5.75 Å². The average Bonchev–Trinajstić information content (AvgIpc) is 2.96. The number of ether oxygens (including phenoxy) is 1. The Morgan fingerprint density at radius 2 is 2.21 bits per heavy atom. The number of nitrogens with zero attached hydrogens (tertiary/aromatic N) is 3. The second-order valence-electron chi connectivity index (χ2n) is 6.10. The van der Waals surface area contributed by atoms with Gasteiger partial charge in [-0.1, -0.05) is 6.07 Å². The number of aromatic amines is 1. The Bertz CT molecular complexity index is 903. The molecule has 1 aliphatic rings. The summed E-state index contributed by atoms with van der Waals surface area (Å²) in [6.07, 6.45) is 0.932. The zero-order chi connectivity index (χ0) is 16.7. The first kappa shape index (κ1) is 14.8. The Labute approximate surface area is 139 Å². The molecule has 0 saturated carbocycles. The number of pyridine rings is 1. The number of methoxy groups -OCH3 is 1. The van der Waals surface area contributed by atoms with Crippen LogP contribution in [0.15, 0.2) is 24.3 Å². The van der Waals surface area contributed by atoms with Crippen LogP contribution in [-0.4, -0.2) is 40.8 Å². The highest BCUT2D eigenvalue weighted by molar-refractivity contribution is 5.92. The summed E-state index contributed by atoms with van der Waals surface area (Å²) in [6, 6.07) is 7.81. The number of nitrogen functional groups attached to an aromatic ring is 1. The van der Waals surface area contributed by atoms with Crippen molar-refractivity contribution < 1.29 is 4.74 Å². The maximum absolute atomic E-state index is 6.07. The Morgan fingerprint density at radius 3 is 3.04 bits per heavy atom. The van der Waals surface area contributed by atoms with Crippen LogP contribution in [0.25, 0.3) is 11.0 Å². The zero-order valence-corrected chi connectivity index (χ0v) is 13.8. The average molecular weight is 324 g/mol. The molecule has 3 aromatic rings. The molecule has 0 atom stereocenters. The first-order valence-corrected chi connectivity index (χ1v) is 7.90. The number of nitrogens with one attached hydrogen (secondary N) is 2. The number of likely N-dealkylation sites (N-methyl/N-ethyl adjacent to an activating group) is 1. The number of hydrogen-bond donors (Lipinski definition) is 3. The lowest BCUT2D eigenvalue weighted by Crippen LogP contribution is -2.27. The van der Waals surface area contributed by atoms with E-state index in [4.69, 9.17) is 15.5 Å². The third-order valence-corrected chi connectivity index (χ3v) is 4.45. The number of anilines is 3. The molecule has 0 saturated heterocycles. The summed E-state index contributed by atoms with van der Waals surface area (Å²) in [4.78, 5) is 6.97. The highest BCUT2D eigenvalue weighted by atomic mass is 16.5. The van der Waals surface area contributed by atoms with E-state index in [0.717, 1.165) is 42.2 Å². The first-order chi connectivity index (χ1) is 11.7. The van der Waals surface area contributed by atoms with Crippen molar-refractivity contribution in [3.63, 3.8) is 0 Å². The molecule has 0 fully saturated rings. The van der Waals surface area contributed by atoms with Gasteiger partial charge in [0, 0.05) is 30.4 Å². The van der Waals surface area contributed by atoms with E-state index in [2.05, 4.69) is 27.5 Å². The molecule has 7 heteroatoms. The fourth-order valence-electron chi connectivity index (χ4n) is 3.23. The van der Waals surface area contributed by atoms with Gasteiger partial charge in [0.2, 0.25) is 0 Å². The van der Waals surface area contributed by atoms with E-state index in [1.807, 2.05) is 24.3 Å². The third-order valence-electron chi connectivity index (χ3n) is 4.45. The van der Waals surface area contributed by atoms with E-state index in [1.54, 1.807) is 7.11 Å². The normalized spacial score (nSPS) is 14.6. The van der Waals surface area contributed by atoms with Crippen LogP contribution in [0.3, 0.4) is 0 Å². The van der Waals surface area contributed by atoms with Crippen LogP contribution in [0, 0.1) is 0 Å². The molecule has 0 bridgehead atoms. The fourth-order valence-corrected chi connectivity index (χ4v) is 3.23. The predicted octanol–water partition coefficient (Wildman–Crippen LogP) is 2.28. The van der Waals surface area contributed by atoms with E-state index in [9.17, 15) is 0 Å². The minimum Gasteiger partial charge on any atom is -0.497 e. The highest BCUT2D eigenvalue weighted by Crippen LogP contribution is 2.34. The van der Waals surface area contributed by atoms with Gasteiger partial charge < -0.3 is 20.7 Å². The maximum atomic E-state index is 6.07. The predicted molar refractivity (Wildman–Crippen MR) is 94.6 cm³/mol. The van der Waals surface area contributed by atoms with Crippen molar-refractivity contribution >= 4 is 28.4 Å². The van der Waals surface area contributed by atoms with Crippen molar-refractivity contribution in [1.29, 1.82) is 0 Å². The van der Waals surface area contributed by atoms with Gasteiger partial charge in [-0.2, -0.15) is 5.10 Å². The van der Waals surface area contributed by atoms with Crippen LogP contribution in [0.1, 0.15) is 11.1 Å². The highest BCUT2D eigenvalue weighted by Gasteiger charge is 2.23. The van der Waals surface area contributed by atoms with Gasteiger partial charge in [-0.3, -0.25) is 5.10 Å². The van der Waals surface area contributed by atoms with Crippen LogP contribution in [0.4, 0.5) is 17.3 Å². The minimum atomic E-state index is 0.589. The van der Waals surface area contributed by atoms with Gasteiger partial charge in [-0.15, -0.1) is 0 Å². The standard InChI is InChI=1S/C17H20N6O/c1-23-7-6-12-13(9-23)16(20-17-14(12)15(18)21-22-17)19-10-4-3-5-11(8-10)24-2/h3-5,8H,6-7,9H2,1-2H3,(H4,18,19,20,21,22). The molecule has 124 valence electrons. The quantitative estimate of drug-likeness (QED) is 0.684. The van der Waals surface area contributed by atoms with Crippen LogP contribution in [-0.2, 0) is 13.0 Å². The first-order valence-electron chi connectivity index (χ1n) is 7.90. The fraction of sp³-hybridized carbons (Fsp3) is 0.294. The van der Waals surface area contributed by atoms with Gasteiger partial charge in [0.15, 0.2) is 5.65 Å². The number of H-pyrrole nitrogens is 1. The van der Waals surface area contributed by atoms with E-state index < -0.39 is 0 Å². The molecule has 0 unspecified atom stereocenters. The number of benzene rings is 1. The summed E-state index contributed by atoms with van der Waals surface area (Å²) in [5.41, 5.74) is 10.1. The van der Waals surface area contributed by atoms with Crippen molar-refractivity contribution in [2.45, 2.75) is 13.0 Å². The summed E-state index contributed by atoms with van der Waals surface area (Å²) in [5, 5.41) is 11.5. The largest absolute Gasteiger partial charge is 0.497 e. The molecule has 7 nitrogen and oxygen atoms in total. The summed E-state index contributed by atoms with van der Waals surface area (Å²) in [6.45, 7) is 1.82. The zero-order valence-electron chi connectivity index (χ0n) is 13.8. The third kappa shape index (κ3) is 2.43. The minimum absolute atomic E-state index is 0.589. The molecular weight excluding hydrogens is 304 g/mol. The lowest BCUT2D eigenvalue weighted by Gasteiger charge is -2.27. The molecule has 0 spiro atoms. The number of rotatable bonds is 3. The second-order valence-corrected chi connectivity index (χ2v) is 6.10. The van der Waals surface area contributed by atoms with Gasteiger partial charge in [-0.25, -0.2) is 4.98 Å². The van der Waals surface area contributed by atoms with Crippen LogP contribution in [0.2, 0.25) is 0 Å². The van der Waals surface area contributed by atoms with Gasteiger partial charge >= 0.3 is 0 Å². The number of aromatic nitrogens is 3. The molecule has 3 heterocycles. The van der Waals surface area contributed by atoms with Crippen LogP contribution >= 0.6 is 0 Å². The van der Waals surface area contributed by atoms with E-state index in [-0.39, 0.29) is 0 Å². The topological polar surface area (TPSA) is 92.1 Å². The van der Waals surface area contributed by atoms with E-state index in [0.29, 0.717) is 11.5 Å². The Hall–Kier alpha value is -2.80. The maximum Gasteiger partial charge on any atom is 0.185 e. The van der Waals surface area contributed by atoms with Gasteiger partial charge in [-0.05, 0) is 31.2 Å². The monoisotopic (exact) mass is 324 g/mol. The van der Waals surface area contributed by atoms with Crippen molar-refractivity contribution in [2.24, 2.45) is 0 Å². The summed E-state index contributed by atoms with van der Waals surface area (Å²) < 4.78 is 5.29. The lowest BCUT2D eigenvalue weighted by molar-refractivity contribution is 0.314. The van der Waals surface area contributed by atoms with E-state index in [1.165, 1.54) is 11.1 Å². The van der Waals surface area contributed by atoms with Crippen LogP contribution in [0.5, 0.6) is 5.75 Å². The summed E-state index contributed by atoms with van der Waals surface area (Å²) in [5.74, 6) is 2.21. The van der Waals surface area contributed by atoms with Gasteiger partial charge in [0.25, 0.3) is 0 Å². The molecular formula is C17H20N6O. The SMILES string of the molecule is COc1cccc(Nc2nc3n[nH]c(N)c3c3c2CN(C)CC3)c1. The van der Waals surface area contributed by atoms with Gasteiger partial charge in [0.05, 0.1) is 12.5 Å². The molecule has 1 aliphatic heterocycles. The lowest BCUT2D eigenvalue weighted by atomic mass is 9.97. The van der Waals surface area contributed by atoms with Gasteiger partial charge in [0.1, 0.15) is 17.4 Å². The van der Waals surface area contributed by atoms with Crippen molar-refractivity contribution in [1.82, 2.24) is 20.1 Å². The molecule has 1 aromatic carbocycles. The van der Waals surface area contributed by atoms with E-state index >= 15 is 0 Å². The molecule has 24 heavy (non-hydrogen) atoms. The summed E-state index contributed by atoms with van der Waals surface area (Å²) in [7, 11) is 3.77. The van der Waals surface area contributed by atoms with Crippen LogP contribution < -0.4 is 15.8 Å². The molecule has 2 aromatic heterocycles. The number of fused-ring (bicyclic) bond motifs is 3. The molecule has 0 aliphatic carbocycles. The molecule has 0 radical (unpaired) electrons. The smallest absolute Gasteiger partial charge is 0.185 e. The Balaban J connectivity index is 1.83. The summed E-state index contributed by atoms with van der Waals surface area (Å²) >= 11 is 0. The molecule has 4 N–H and O–H groups in total. The number of nitrogens with two attached hydrogens (primary N) is 1. The van der Waals surface area contributed by atoms with Crippen molar-refractivity contribution in [2.75, 3.05) is 31.8 Å². The second kappa shape index (κ2) is 5.68. The Morgan fingerprint density at radius 1 is 1.33 bits per heavy atom. The molecule has 0 amide bonds. The Kier molecular flexibility index (Phi) is 3.50. The number of hydrogen-bond acceptors (Lipinski definition) is 6. The van der Waals surface area contributed by atoms with Crippen molar-refractivity contribution in [3.05, 3.63) is 35.4 Å². The molecule has 4 rings (SSSR count).